The lowest BCUT2D eigenvalue weighted by molar-refractivity contribution is 0.621. The van der Waals surface area contributed by atoms with Crippen molar-refractivity contribution >= 4 is 10.8 Å². The summed E-state index contributed by atoms with van der Waals surface area (Å²) in [6, 6.07) is 11.7. The highest BCUT2D eigenvalue weighted by atomic mass is 32.2. The summed E-state index contributed by atoms with van der Waals surface area (Å²) in [6.45, 7) is 7.74. The highest BCUT2D eigenvalue weighted by Gasteiger charge is 2.69. The zero-order chi connectivity index (χ0) is 13.4. The van der Waals surface area contributed by atoms with Gasteiger partial charge in [0.15, 0.2) is 0 Å². The van der Waals surface area contributed by atoms with E-state index < -0.39 is 21.0 Å². The van der Waals surface area contributed by atoms with Gasteiger partial charge in [0.1, 0.15) is 0 Å². The molecular formula is C15H17NOS. The molecule has 1 unspecified atom stereocenters. The maximum atomic E-state index is 12.8. The number of nitrogens with zero attached hydrogens (tertiary/aromatic N) is 1. The van der Waals surface area contributed by atoms with Crippen LogP contribution in [-0.4, -0.2) is 8.96 Å². The van der Waals surface area contributed by atoms with E-state index in [2.05, 4.69) is 12.6 Å². The Balaban J connectivity index is 2.37. The van der Waals surface area contributed by atoms with Crippen LogP contribution in [0.25, 0.3) is 0 Å². The first-order chi connectivity index (χ1) is 8.45. The summed E-state index contributed by atoms with van der Waals surface area (Å²) in [5.74, 6) is 0. The summed E-state index contributed by atoms with van der Waals surface area (Å²) in [6.07, 6.45) is 1.34. The molecule has 1 aliphatic rings. The summed E-state index contributed by atoms with van der Waals surface area (Å²) >= 11 is 0. The Morgan fingerprint density at radius 3 is 2.56 bits per heavy atom. The Bertz CT molecular complexity index is 545. The van der Waals surface area contributed by atoms with Gasteiger partial charge >= 0.3 is 0 Å². The molecule has 2 rings (SSSR count). The van der Waals surface area contributed by atoms with Gasteiger partial charge in [0, 0.05) is 4.90 Å². The molecule has 0 radical (unpaired) electrons. The SMILES string of the molecule is C=C(C)C[C@@]1(S(=O)c2ccccc2)C[C@]1(C)C#N. The lowest BCUT2D eigenvalue weighted by Gasteiger charge is -2.18. The number of hydrogen-bond acceptors (Lipinski definition) is 2. The van der Waals surface area contributed by atoms with Gasteiger partial charge in [-0.25, -0.2) is 0 Å². The molecular weight excluding hydrogens is 242 g/mol. The Labute approximate surface area is 111 Å². The first-order valence-electron chi connectivity index (χ1n) is 5.98. The topological polar surface area (TPSA) is 40.9 Å². The third-order valence-corrected chi connectivity index (χ3v) is 5.82. The minimum Gasteiger partial charge on any atom is -0.254 e. The van der Waals surface area contributed by atoms with Gasteiger partial charge in [-0.05, 0) is 38.8 Å². The van der Waals surface area contributed by atoms with Gasteiger partial charge in [-0.3, -0.25) is 4.21 Å². The van der Waals surface area contributed by atoms with Gasteiger partial charge < -0.3 is 0 Å². The zero-order valence-corrected chi connectivity index (χ0v) is 11.6. The largest absolute Gasteiger partial charge is 0.254 e. The van der Waals surface area contributed by atoms with E-state index >= 15 is 0 Å². The first-order valence-corrected chi connectivity index (χ1v) is 7.13. The van der Waals surface area contributed by atoms with E-state index in [9.17, 15) is 9.47 Å². The van der Waals surface area contributed by atoms with Crippen LogP contribution < -0.4 is 0 Å². The monoisotopic (exact) mass is 259 g/mol. The van der Waals surface area contributed by atoms with Gasteiger partial charge in [0.05, 0.1) is 27.0 Å². The van der Waals surface area contributed by atoms with Crippen molar-refractivity contribution in [3.05, 3.63) is 42.5 Å². The number of hydrogen-bond donors (Lipinski definition) is 0. The van der Waals surface area contributed by atoms with Crippen LogP contribution in [0.3, 0.4) is 0 Å². The molecule has 0 aromatic heterocycles. The van der Waals surface area contributed by atoms with Crippen LogP contribution in [0.4, 0.5) is 0 Å². The first kappa shape index (κ1) is 13.0. The Morgan fingerprint density at radius 1 is 1.50 bits per heavy atom. The minimum atomic E-state index is -1.16. The lowest BCUT2D eigenvalue weighted by Crippen LogP contribution is -2.24. The zero-order valence-electron chi connectivity index (χ0n) is 10.8. The predicted molar refractivity (Wildman–Crippen MR) is 73.3 cm³/mol. The molecule has 0 amide bonds. The standard InChI is InChI=1S/C15H17NOS/c1-12(2)9-15(10-14(15,3)11-16)18(17)13-7-5-4-6-8-13/h4-8H,1,9-10H2,2-3H3/t14-,15-,18?/m1/s1. The molecule has 0 heterocycles. The molecule has 1 aromatic carbocycles. The molecule has 94 valence electrons. The number of nitriles is 1. The van der Waals surface area contributed by atoms with Crippen molar-refractivity contribution in [3.8, 4) is 6.07 Å². The maximum absolute atomic E-state index is 12.8. The third-order valence-electron chi connectivity index (χ3n) is 3.67. The molecule has 18 heavy (non-hydrogen) atoms. The van der Waals surface area contributed by atoms with E-state index in [1.165, 1.54) is 0 Å². The fourth-order valence-corrected chi connectivity index (χ4v) is 4.63. The van der Waals surface area contributed by atoms with E-state index in [1.807, 2.05) is 44.2 Å². The van der Waals surface area contributed by atoms with Crippen molar-refractivity contribution in [1.29, 1.82) is 5.26 Å². The third kappa shape index (κ3) is 1.91. The van der Waals surface area contributed by atoms with Gasteiger partial charge in [-0.15, -0.1) is 6.58 Å². The quantitative estimate of drug-likeness (QED) is 0.777. The van der Waals surface area contributed by atoms with Crippen molar-refractivity contribution in [3.63, 3.8) is 0 Å². The highest BCUT2D eigenvalue weighted by molar-refractivity contribution is 7.87. The average molecular weight is 259 g/mol. The lowest BCUT2D eigenvalue weighted by atomic mass is 10.0. The minimum absolute atomic E-state index is 0.449. The number of benzene rings is 1. The van der Waals surface area contributed by atoms with Crippen LogP contribution in [0.5, 0.6) is 0 Å². The molecule has 2 nitrogen and oxygen atoms in total. The maximum Gasteiger partial charge on any atom is 0.0741 e. The summed E-state index contributed by atoms with van der Waals surface area (Å²) in [5.41, 5.74) is 0.491. The van der Waals surface area contributed by atoms with Crippen LogP contribution in [0.1, 0.15) is 26.7 Å². The normalized spacial score (nSPS) is 31.4. The molecule has 3 heteroatoms. The summed E-state index contributed by atoms with van der Waals surface area (Å²) in [7, 11) is -1.16. The molecule has 3 atom stereocenters. The molecule has 1 fully saturated rings. The predicted octanol–water partition coefficient (Wildman–Crippen LogP) is 3.43. The average Bonchev–Trinajstić information content (AvgIpc) is 2.95. The Kier molecular flexibility index (Phi) is 3.16. The Morgan fingerprint density at radius 2 is 2.11 bits per heavy atom. The summed E-state index contributed by atoms with van der Waals surface area (Å²) < 4.78 is 12.3. The van der Waals surface area contributed by atoms with Crippen LogP contribution >= 0.6 is 0 Å². The second-order valence-electron chi connectivity index (χ2n) is 5.33. The Hall–Kier alpha value is -1.40. The smallest absolute Gasteiger partial charge is 0.0741 e. The molecule has 1 aromatic rings. The van der Waals surface area contributed by atoms with E-state index in [-0.39, 0.29) is 0 Å². The molecule has 0 spiro atoms. The summed E-state index contributed by atoms with van der Waals surface area (Å²) in [4.78, 5) is 0.803. The summed E-state index contributed by atoms with van der Waals surface area (Å²) in [5, 5.41) is 9.30. The van der Waals surface area contributed by atoms with Gasteiger partial charge in [0.2, 0.25) is 0 Å². The van der Waals surface area contributed by atoms with Crippen LogP contribution in [-0.2, 0) is 10.8 Å². The molecule has 0 aliphatic heterocycles. The van der Waals surface area contributed by atoms with Gasteiger partial charge in [-0.2, -0.15) is 5.26 Å². The van der Waals surface area contributed by atoms with Crippen molar-refractivity contribution in [2.24, 2.45) is 5.41 Å². The molecule has 0 saturated heterocycles. The fourth-order valence-electron chi connectivity index (χ4n) is 2.52. The van der Waals surface area contributed by atoms with Crippen molar-refractivity contribution < 1.29 is 4.21 Å². The number of allylic oxidation sites excluding steroid dienone is 1. The van der Waals surface area contributed by atoms with Crippen molar-refractivity contribution in [2.45, 2.75) is 36.3 Å². The highest BCUT2D eigenvalue weighted by Crippen LogP contribution is 2.63. The molecule has 0 N–H and O–H groups in total. The van der Waals surface area contributed by atoms with Crippen LogP contribution in [0.15, 0.2) is 47.4 Å². The molecule has 1 saturated carbocycles. The van der Waals surface area contributed by atoms with Crippen LogP contribution in [0, 0.1) is 16.7 Å². The van der Waals surface area contributed by atoms with Gasteiger partial charge in [0.25, 0.3) is 0 Å². The van der Waals surface area contributed by atoms with Crippen molar-refractivity contribution in [1.82, 2.24) is 0 Å². The second kappa shape index (κ2) is 4.37. The molecule has 1 aliphatic carbocycles. The fraction of sp³-hybridized carbons (Fsp3) is 0.400. The second-order valence-corrected chi connectivity index (χ2v) is 7.12. The van der Waals surface area contributed by atoms with E-state index in [1.54, 1.807) is 0 Å². The van der Waals surface area contributed by atoms with Crippen molar-refractivity contribution in [2.75, 3.05) is 0 Å². The van der Waals surface area contributed by atoms with Crippen LogP contribution in [0.2, 0.25) is 0 Å². The van der Waals surface area contributed by atoms with E-state index in [0.717, 1.165) is 10.5 Å². The van der Waals surface area contributed by atoms with E-state index in [4.69, 9.17) is 0 Å². The number of rotatable bonds is 4. The van der Waals surface area contributed by atoms with E-state index in [0.29, 0.717) is 12.8 Å². The molecule has 0 bridgehead atoms. The van der Waals surface area contributed by atoms with Gasteiger partial charge in [-0.1, -0.05) is 23.8 Å².